The first kappa shape index (κ1) is 19.7. The van der Waals surface area contributed by atoms with Crippen LogP contribution in [-0.4, -0.2) is 32.3 Å². The first-order chi connectivity index (χ1) is 10.0. The van der Waals surface area contributed by atoms with Crippen molar-refractivity contribution in [3.05, 3.63) is 24.8 Å². The molecule has 0 aromatic heterocycles. The lowest BCUT2D eigenvalue weighted by Crippen LogP contribution is -2.46. The van der Waals surface area contributed by atoms with E-state index in [1.54, 1.807) is 0 Å². The molecule has 0 saturated heterocycles. The molecule has 1 aliphatic carbocycles. The van der Waals surface area contributed by atoms with Gasteiger partial charge < -0.3 is 9.16 Å². The van der Waals surface area contributed by atoms with Crippen LogP contribution in [0.25, 0.3) is 0 Å². The van der Waals surface area contributed by atoms with Gasteiger partial charge in [-0.1, -0.05) is 54.9 Å². The highest BCUT2D eigenvalue weighted by molar-refractivity contribution is 9.09. The Morgan fingerprint density at radius 3 is 2.36 bits per heavy atom. The molecule has 0 N–H and O–H groups in total. The van der Waals surface area contributed by atoms with Gasteiger partial charge in [-0.2, -0.15) is 0 Å². The van der Waals surface area contributed by atoms with Crippen molar-refractivity contribution in [2.45, 2.75) is 57.3 Å². The molecule has 1 fully saturated rings. The first-order valence-electron chi connectivity index (χ1n) is 7.65. The number of rotatable bonds is 7. The topological polar surface area (TPSA) is 35.5 Å². The van der Waals surface area contributed by atoms with Gasteiger partial charge in [0.2, 0.25) is 0 Å². The van der Waals surface area contributed by atoms with E-state index in [1.165, 1.54) is 7.11 Å². The zero-order valence-electron chi connectivity index (χ0n) is 14.7. The molecule has 0 amide bonds. The molecular weight excluding hydrogens is 360 g/mol. The molecule has 0 aromatic rings. The zero-order chi connectivity index (χ0) is 17.2. The van der Waals surface area contributed by atoms with E-state index in [0.717, 1.165) is 5.33 Å². The molecule has 0 bridgehead atoms. The molecule has 126 valence electrons. The zero-order valence-corrected chi connectivity index (χ0v) is 17.2. The number of carbonyl (C=O) groups is 1. The minimum absolute atomic E-state index is 0.0825. The predicted molar refractivity (Wildman–Crippen MR) is 97.8 cm³/mol. The largest absolute Gasteiger partial charge is 0.468 e. The van der Waals surface area contributed by atoms with Crippen LogP contribution in [0.15, 0.2) is 24.8 Å². The van der Waals surface area contributed by atoms with E-state index >= 15 is 0 Å². The molecule has 3 nitrogen and oxygen atoms in total. The van der Waals surface area contributed by atoms with Crippen LogP contribution in [-0.2, 0) is 14.0 Å². The van der Waals surface area contributed by atoms with Gasteiger partial charge in [-0.3, -0.25) is 4.79 Å². The highest BCUT2D eigenvalue weighted by Gasteiger charge is 2.73. The number of hydrogen-bond acceptors (Lipinski definition) is 3. The fourth-order valence-corrected chi connectivity index (χ4v) is 4.40. The number of ether oxygens (including phenoxy) is 1. The Balaban J connectivity index is 3.10. The fraction of sp³-hybridized carbons (Fsp3) is 0.706. The van der Waals surface area contributed by atoms with Gasteiger partial charge in [-0.15, -0.1) is 6.58 Å². The van der Waals surface area contributed by atoms with E-state index in [-0.39, 0.29) is 11.0 Å². The summed E-state index contributed by atoms with van der Waals surface area (Å²) in [6.45, 7) is 15.0. The number of halogens is 1. The first-order valence-corrected chi connectivity index (χ1v) is 11.7. The van der Waals surface area contributed by atoms with Gasteiger partial charge in [0.1, 0.15) is 5.41 Å². The van der Waals surface area contributed by atoms with Crippen molar-refractivity contribution in [1.29, 1.82) is 0 Å². The Kier molecular flexibility index (Phi) is 5.91. The minimum atomic E-state index is -2.01. The molecule has 1 aliphatic rings. The van der Waals surface area contributed by atoms with Crippen molar-refractivity contribution in [1.82, 2.24) is 0 Å². The predicted octanol–water partition coefficient (Wildman–Crippen LogP) is 4.84. The summed E-state index contributed by atoms with van der Waals surface area (Å²) in [5.74, 6) is -0.203. The maximum absolute atomic E-state index is 12.4. The summed E-state index contributed by atoms with van der Waals surface area (Å²) in [6.07, 6.45) is 7.10. The van der Waals surface area contributed by atoms with Gasteiger partial charge in [0.25, 0.3) is 0 Å². The lowest BCUT2D eigenvalue weighted by atomic mass is 9.97. The van der Waals surface area contributed by atoms with Crippen molar-refractivity contribution in [3.8, 4) is 0 Å². The Morgan fingerprint density at radius 1 is 1.36 bits per heavy atom. The maximum Gasteiger partial charge on any atom is 0.315 e. The molecule has 2 atom stereocenters. The molecular formula is C17H29BrO3Si. The normalized spacial score (nSPS) is 28.7. The summed E-state index contributed by atoms with van der Waals surface area (Å²) >= 11 is 3.36. The van der Waals surface area contributed by atoms with Crippen LogP contribution < -0.4 is 0 Å². The highest BCUT2D eigenvalue weighted by atomic mass is 79.9. The Bertz CT molecular complexity index is 467. The smallest absolute Gasteiger partial charge is 0.315 e. The van der Waals surface area contributed by atoms with Crippen LogP contribution in [0.3, 0.4) is 0 Å². The van der Waals surface area contributed by atoms with Gasteiger partial charge in [0.15, 0.2) is 8.32 Å². The summed E-state index contributed by atoms with van der Waals surface area (Å²) < 4.78 is 11.7. The van der Waals surface area contributed by atoms with Gasteiger partial charge in [0, 0.05) is 5.33 Å². The SMILES string of the molecule is C=CC1(O[Si](C)(C)C(C)(C)C)CC1(C/C=C/CBr)C(=O)OC. The van der Waals surface area contributed by atoms with E-state index < -0.39 is 19.3 Å². The quantitative estimate of drug-likeness (QED) is 0.271. The lowest BCUT2D eigenvalue weighted by molar-refractivity contribution is -0.149. The van der Waals surface area contributed by atoms with Crippen molar-refractivity contribution in [2.24, 2.45) is 5.41 Å². The van der Waals surface area contributed by atoms with Crippen molar-refractivity contribution < 1.29 is 14.0 Å². The Hall–Kier alpha value is -0.393. The minimum Gasteiger partial charge on any atom is -0.468 e. The third-order valence-electron chi connectivity index (χ3n) is 5.12. The molecule has 5 heteroatoms. The van der Waals surface area contributed by atoms with Crippen LogP contribution >= 0.6 is 15.9 Å². The molecule has 0 aliphatic heterocycles. The molecule has 2 unspecified atom stereocenters. The third kappa shape index (κ3) is 3.41. The highest BCUT2D eigenvalue weighted by Crippen LogP contribution is 2.64. The molecule has 0 heterocycles. The van der Waals surface area contributed by atoms with Crippen molar-refractivity contribution in [3.63, 3.8) is 0 Å². The van der Waals surface area contributed by atoms with Crippen LogP contribution in [0, 0.1) is 5.41 Å². The Labute approximate surface area is 144 Å². The van der Waals surface area contributed by atoms with E-state index in [1.807, 2.05) is 18.2 Å². The third-order valence-corrected chi connectivity index (χ3v) is 9.98. The van der Waals surface area contributed by atoms with Crippen LogP contribution in [0.1, 0.15) is 33.6 Å². The van der Waals surface area contributed by atoms with Gasteiger partial charge >= 0.3 is 5.97 Å². The second-order valence-electron chi connectivity index (χ2n) is 7.54. The summed E-state index contributed by atoms with van der Waals surface area (Å²) in [6, 6.07) is 0. The lowest BCUT2D eigenvalue weighted by Gasteiger charge is -2.40. The summed E-state index contributed by atoms with van der Waals surface area (Å²) in [5.41, 5.74) is -1.22. The summed E-state index contributed by atoms with van der Waals surface area (Å²) in [5, 5.41) is 0.855. The van der Waals surface area contributed by atoms with E-state index in [9.17, 15) is 4.79 Å². The van der Waals surface area contributed by atoms with Crippen LogP contribution in [0.4, 0.5) is 0 Å². The van der Waals surface area contributed by atoms with Gasteiger partial charge in [-0.05, 0) is 31.0 Å². The molecule has 0 aromatic carbocycles. The fourth-order valence-electron chi connectivity index (χ4n) is 2.57. The number of allylic oxidation sites excluding steroid dienone is 2. The van der Waals surface area contributed by atoms with Crippen LogP contribution in [0.5, 0.6) is 0 Å². The number of alkyl halides is 1. The average molecular weight is 389 g/mol. The molecule has 22 heavy (non-hydrogen) atoms. The van der Waals surface area contributed by atoms with Gasteiger partial charge in [0.05, 0.1) is 12.7 Å². The van der Waals surface area contributed by atoms with Gasteiger partial charge in [-0.25, -0.2) is 0 Å². The van der Waals surface area contributed by atoms with Crippen molar-refractivity contribution >= 4 is 30.2 Å². The number of carbonyl (C=O) groups excluding carboxylic acids is 1. The standard InChI is InChI=1S/C17H29BrO3Si/c1-8-17(21-22(6,7)15(2,3)4)13-16(17,14(19)20-5)11-9-10-12-18/h8-10H,1,11-13H2,2-7H3/b10-9+. The maximum atomic E-state index is 12.4. The van der Waals surface area contributed by atoms with Crippen LogP contribution in [0.2, 0.25) is 18.1 Å². The number of hydrogen-bond donors (Lipinski definition) is 0. The molecule has 0 radical (unpaired) electrons. The second kappa shape index (κ2) is 6.61. The van der Waals surface area contributed by atoms with E-state index in [2.05, 4.69) is 56.4 Å². The summed E-state index contributed by atoms with van der Waals surface area (Å²) in [7, 11) is -0.565. The average Bonchev–Trinajstić information content (AvgIpc) is 3.05. The molecule has 1 saturated carbocycles. The monoisotopic (exact) mass is 388 g/mol. The second-order valence-corrected chi connectivity index (χ2v) is 12.9. The van der Waals surface area contributed by atoms with E-state index in [4.69, 9.17) is 9.16 Å². The van der Waals surface area contributed by atoms with Crippen molar-refractivity contribution in [2.75, 3.05) is 12.4 Å². The number of methoxy groups -OCH3 is 1. The number of esters is 1. The van der Waals surface area contributed by atoms with E-state index in [0.29, 0.717) is 12.8 Å². The Morgan fingerprint density at radius 2 is 1.95 bits per heavy atom. The molecule has 1 rings (SSSR count). The molecule has 0 spiro atoms. The summed E-state index contributed by atoms with van der Waals surface area (Å²) in [4.78, 5) is 12.4.